The van der Waals surface area contributed by atoms with E-state index in [9.17, 15) is 0 Å². The zero-order valence-corrected chi connectivity index (χ0v) is 12.1. The number of nitrogens with zero attached hydrogens (tertiary/aromatic N) is 2. The predicted molar refractivity (Wildman–Crippen MR) is 82.9 cm³/mol. The maximum Gasteiger partial charge on any atom is 0.114 e. The number of hydrogen-bond donors (Lipinski definition) is 1. The van der Waals surface area contributed by atoms with E-state index in [1.165, 1.54) is 5.56 Å². The third kappa shape index (κ3) is 2.42. The Morgan fingerprint density at radius 1 is 1.10 bits per heavy atom. The Hall–Kier alpha value is -1.84. The summed E-state index contributed by atoms with van der Waals surface area (Å²) in [5.41, 5.74) is 10.1. The van der Waals surface area contributed by atoms with Crippen LogP contribution in [-0.2, 0) is 20.0 Å². The van der Waals surface area contributed by atoms with E-state index in [0.717, 1.165) is 33.9 Å². The Morgan fingerprint density at radius 2 is 1.80 bits per heavy atom. The van der Waals surface area contributed by atoms with Crippen molar-refractivity contribution in [1.82, 2.24) is 9.55 Å². The smallest absolute Gasteiger partial charge is 0.114 e. The van der Waals surface area contributed by atoms with Crippen molar-refractivity contribution in [3.8, 4) is 0 Å². The lowest BCUT2D eigenvalue weighted by molar-refractivity contribution is 0.844. The van der Waals surface area contributed by atoms with Gasteiger partial charge in [0.25, 0.3) is 0 Å². The summed E-state index contributed by atoms with van der Waals surface area (Å²) in [7, 11) is 2.04. The van der Waals surface area contributed by atoms with Gasteiger partial charge in [-0.25, -0.2) is 4.98 Å². The molecule has 0 unspecified atom stereocenters. The molecule has 0 saturated heterocycles. The molecule has 1 heterocycles. The van der Waals surface area contributed by atoms with Crippen LogP contribution in [0.2, 0.25) is 5.02 Å². The van der Waals surface area contributed by atoms with Crippen molar-refractivity contribution in [3.05, 3.63) is 64.4 Å². The van der Waals surface area contributed by atoms with Crippen molar-refractivity contribution in [2.75, 3.05) is 0 Å². The highest BCUT2D eigenvalue weighted by atomic mass is 35.5. The molecule has 0 fully saturated rings. The Bertz CT molecular complexity index is 744. The third-order valence-electron chi connectivity index (χ3n) is 3.55. The van der Waals surface area contributed by atoms with E-state index in [0.29, 0.717) is 6.54 Å². The summed E-state index contributed by atoms with van der Waals surface area (Å²) < 4.78 is 2.13. The molecular weight excluding hydrogens is 270 g/mol. The maximum atomic E-state index is 5.91. The minimum atomic E-state index is 0.549. The zero-order chi connectivity index (χ0) is 14.1. The first-order valence-corrected chi connectivity index (χ1v) is 6.94. The second-order valence-electron chi connectivity index (χ2n) is 4.92. The Morgan fingerprint density at radius 3 is 2.50 bits per heavy atom. The second-order valence-corrected chi connectivity index (χ2v) is 5.35. The first-order valence-electron chi connectivity index (χ1n) is 6.56. The molecule has 0 saturated carbocycles. The van der Waals surface area contributed by atoms with Gasteiger partial charge in [-0.15, -0.1) is 0 Å². The van der Waals surface area contributed by atoms with Gasteiger partial charge in [0.15, 0.2) is 0 Å². The maximum absolute atomic E-state index is 5.91. The highest BCUT2D eigenvalue weighted by Gasteiger charge is 2.08. The molecule has 1 aromatic heterocycles. The quantitative estimate of drug-likeness (QED) is 0.802. The minimum absolute atomic E-state index is 0.549. The lowest BCUT2D eigenvalue weighted by atomic mass is 10.1. The zero-order valence-electron chi connectivity index (χ0n) is 11.3. The molecule has 4 heteroatoms. The first kappa shape index (κ1) is 13.2. The van der Waals surface area contributed by atoms with Gasteiger partial charge in [-0.1, -0.05) is 29.8 Å². The summed E-state index contributed by atoms with van der Waals surface area (Å²) in [6, 6.07) is 14.1. The molecule has 20 heavy (non-hydrogen) atoms. The molecule has 3 rings (SSSR count). The van der Waals surface area contributed by atoms with E-state index >= 15 is 0 Å². The molecule has 0 aliphatic heterocycles. The molecule has 2 aromatic carbocycles. The van der Waals surface area contributed by atoms with Gasteiger partial charge in [-0.2, -0.15) is 0 Å². The summed E-state index contributed by atoms with van der Waals surface area (Å²) in [5.74, 6) is 1.04. The summed E-state index contributed by atoms with van der Waals surface area (Å²) in [4.78, 5) is 4.69. The van der Waals surface area contributed by atoms with Crippen molar-refractivity contribution >= 4 is 22.6 Å². The van der Waals surface area contributed by atoms with Crippen LogP contribution in [0.1, 0.15) is 17.0 Å². The molecule has 0 atom stereocenters. The second kappa shape index (κ2) is 5.27. The fraction of sp³-hybridized carbons (Fsp3) is 0.188. The topological polar surface area (TPSA) is 43.8 Å². The molecule has 0 aliphatic carbocycles. The Labute approximate surface area is 123 Å². The summed E-state index contributed by atoms with van der Waals surface area (Å²) in [6.45, 7) is 0.549. The summed E-state index contributed by atoms with van der Waals surface area (Å²) in [6.07, 6.45) is 0.792. The number of benzene rings is 2. The van der Waals surface area contributed by atoms with E-state index in [4.69, 9.17) is 22.3 Å². The van der Waals surface area contributed by atoms with Crippen LogP contribution in [-0.4, -0.2) is 9.55 Å². The minimum Gasteiger partial charge on any atom is -0.331 e. The van der Waals surface area contributed by atoms with Gasteiger partial charge < -0.3 is 10.3 Å². The molecule has 3 nitrogen and oxygen atoms in total. The lowest BCUT2D eigenvalue weighted by Crippen LogP contribution is -2.00. The van der Waals surface area contributed by atoms with Crippen LogP contribution in [0, 0.1) is 0 Å². The van der Waals surface area contributed by atoms with Crippen LogP contribution in [0.25, 0.3) is 11.0 Å². The van der Waals surface area contributed by atoms with Crippen LogP contribution >= 0.6 is 11.6 Å². The standard InChI is InChI=1S/C16H16ClN3/c1-20-15-8-12(10-18)4-7-14(15)19-16(20)9-11-2-5-13(17)6-3-11/h2-8H,9-10,18H2,1H3. The number of halogens is 1. The number of hydrogen-bond acceptors (Lipinski definition) is 2. The largest absolute Gasteiger partial charge is 0.331 e. The van der Waals surface area contributed by atoms with Crippen LogP contribution < -0.4 is 5.73 Å². The van der Waals surface area contributed by atoms with Gasteiger partial charge in [0.05, 0.1) is 11.0 Å². The molecule has 0 spiro atoms. The number of aryl methyl sites for hydroxylation is 1. The van der Waals surface area contributed by atoms with Crippen molar-refractivity contribution in [2.24, 2.45) is 12.8 Å². The van der Waals surface area contributed by atoms with E-state index in [1.807, 2.05) is 43.4 Å². The highest BCUT2D eigenvalue weighted by Crippen LogP contribution is 2.19. The van der Waals surface area contributed by atoms with E-state index in [-0.39, 0.29) is 0 Å². The summed E-state index contributed by atoms with van der Waals surface area (Å²) in [5, 5.41) is 0.756. The molecule has 0 aliphatic rings. The van der Waals surface area contributed by atoms with Gasteiger partial charge in [-0.05, 0) is 35.4 Å². The van der Waals surface area contributed by atoms with Gasteiger partial charge in [0.2, 0.25) is 0 Å². The van der Waals surface area contributed by atoms with Gasteiger partial charge in [0, 0.05) is 25.0 Å². The van der Waals surface area contributed by atoms with Crippen LogP contribution in [0.3, 0.4) is 0 Å². The highest BCUT2D eigenvalue weighted by molar-refractivity contribution is 6.30. The van der Waals surface area contributed by atoms with Crippen LogP contribution in [0.15, 0.2) is 42.5 Å². The molecular formula is C16H16ClN3. The fourth-order valence-corrected chi connectivity index (χ4v) is 2.48. The molecule has 0 radical (unpaired) electrons. The Balaban J connectivity index is 1.99. The van der Waals surface area contributed by atoms with Crippen LogP contribution in [0.5, 0.6) is 0 Å². The van der Waals surface area contributed by atoms with E-state index in [1.54, 1.807) is 0 Å². The number of fused-ring (bicyclic) bond motifs is 1. The van der Waals surface area contributed by atoms with Gasteiger partial charge >= 0.3 is 0 Å². The predicted octanol–water partition coefficient (Wildman–Crippen LogP) is 3.28. The number of nitrogens with two attached hydrogens (primary N) is 1. The average Bonchev–Trinajstić information content (AvgIpc) is 2.77. The third-order valence-corrected chi connectivity index (χ3v) is 3.80. The fourth-order valence-electron chi connectivity index (χ4n) is 2.36. The molecule has 2 N–H and O–H groups in total. The van der Waals surface area contributed by atoms with Crippen molar-refractivity contribution < 1.29 is 0 Å². The van der Waals surface area contributed by atoms with E-state index in [2.05, 4.69) is 10.6 Å². The first-order chi connectivity index (χ1) is 9.67. The molecule has 0 amide bonds. The lowest BCUT2D eigenvalue weighted by Gasteiger charge is -2.03. The van der Waals surface area contributed by atoms with Crippen molar-refractivity contribution in [3.63, 3.8) is 0 Å². The average molecular weight is 286 g/mol. The Kier molecular flexibility index (Phi) is 3.47. The number of aromatic nitrogens is 2. The van der Waals surface area contributed by atoms with Crippen LogP contribution in [0.4, 0.5) is 0 Å². The van der Waals surface area contributed by atoms with Gasteiger partial charge in [-0.3, -0.25) is 0 Å². The van der Waals surface area contributed by atoms with Crippen molar-refractivity contribution in [2.45, 2.75) is 13.0 Å². The monoisotopic (exact) mass is 285 g/mol. The molecule has 0 bridgehead atoms. The summed E-state index contributed by atoms with van der Waals surface area (Å²) >= 11 is 5.91. The molecule has 102 valence electrons. The number of imidazole rings is 1. The van der Waals surface area contributed by atoms with E-state index < -0.39 is 0 Å². The molecule has 3 aromatic rings. The van der Waals surface area contributed by atoms with Crippen molar-refractivity contribution in [1.29, 1.82) is 0 Å². The van der Waals surface area contributed by atoms with Gasteiger partial charge in [0.1, 0.15) is 5.82 Å². The SMILES string of the molecule is Cn1c(Cc2ccc(Cl)cc2)nc2ccc(CN)cc21. The number of rotatable bonds is 3. The normalized spacial score (nSPS) is 11.2.